The first-order valence-corrected chi connectivity index (χ1v) is 8.04. The molecule has 1 aliphatic rings. The van der Waals surface area contributed by atoms with Gasteiger partial charge in [0, 0.05) is 12.1 Å². The van der Waals surface area contributed by atoms with Crippen LogP contribution in [0.25, 0.3) is 6.08 Å². The van der Waals surface area contributed by atoms with Gasteiger partial charge in [-0.2, -0.15) is 0 Å². The lowest BCUT2D eigenvalue weighted by Gasteiger charge is -1.98. The van der Waals surface area contributed by atoms with Crippen molar-refractivity contribution in [2.24, 2.45) is 4.99 Å². The lowest BCUT2D eigenvalue weighted by Crippen LogP contribution is -2.19. The molecule has 0 spiro atoms. The molecule has 0 aromatic heterocycles. The molecule has 9 nitrogen and oxygen atoms in total. The highest BCUT2D eigenvalue weighted by Crippen LogP contribution is 2.33. The van der Waals surface area contributed by atoms with Crippen LogP contribution in [0, 0.1) is 20.2 Å². The predicted octanol–water partition coefficient (Wildman–Crippen LogP) is 3.39. The number of rotatable bonds is 4. The highest BCUT2D eigenvalue weighted by atomic mass is 32.2. The van der Waals surface area contributed by atoms with Crippen molar-refractivity contribution in [2.45, 2.75) is 0 Å². The van der Waals surface area contributed by atoms with Crippen molar-refractivity contribution in [1.82, 2.24) is 5.32 Å². The second-order valence-electron chi connectivity index (χ2n) is 5.04. The van der Waals surface area contributed by atoms with Crippen molar-refractivity contribution in [3.63, 3.8) is 0 Å². The number of nitrogens with one attached hydrogen (secondary N) is 1. The lowest BCUT2D eigenvalue weighted by molar-refractivity contribution is -0.385. The summed E-state index contributed by atoms with van der Waals surface area (Å²) in [4.78, 5) is 37.4. The summed E-state index contributed by atoms with van der Waals surface area (Å²) in [6, 6.07) is 11.9. The average molecular weight is 370 g/mol. The van der Waals surface area contributed by atoms with E-state index in [-0.39, 0.29) is 32.7 Å². The van der Waals surface area contributed by atoms with Gasteiger partial charge in [0.05, 0.1) is 20.3 Å². The van der Waals surface area contributed by atoms with Crippen LogP contribution in [0.4, 0.5) is 17.1 Å². The minimum Gasteiger partial charge on any atom is -0.300 e. The molecule has 1 aliphatic heterocycles. The van der Waals surface area contributed by atoms with Gasteiger partial charge in [-0.15, -0.1) is 0 Å². The summed E-state index contributed by atoms with van der Waals surface area (Å²) in [5.41, 5.74) is 0.0674. The van der Waals surface area contributed by atoms with E-state index in [2.05, 4.69) is 10.3 Å². The zero-order valence-electron chi connectivity index (χ0n) is 13.0. The molecule has 0 bridgehead atoms. The van der Waals surface area contributed by atoms with Crippen molar-refractivity contribution < 1.29 is 14.6 Å². The molecule has 0 saturated carbocycles. The molecule has 3 rings (SSSR count). The molecule has 26 heavy (non-hydrogen) atoms. The van der Waals surface area contributed by atoms with Gasteiger partial charge >= 0.3 is 0 Å². The molecule has 1 heterocycles. The number of benzene rings is 2. The number of hydrogen-bond acceptors (Lipinski definition) is 7. The summed E-state index contributed by atoms with van der Waals surface area (Å²) in [5, 5.41) is 24.8. The summed E-state index contributed by atoms with van der Waals surface area (Å²) in [5.74, 6) is -0.481. The Kier molecular flexibility index (Phi) is 4.76. The van der Waals surface area contributed by atoms with Crippen LogP contribution in [0.3, 0.4) is 0 Å². The number of carbonyl (C=O) groups is 1. The van der Waals surface area contributed by atoms with Crippen molar-refractivity contribution in [3.8, 4) is 0 Å². The molecule has 130 valence electrons. The maximum Gasteiger partial charge on any atom is 0.294 e. The van der Waals surface area contributed by atoms with E-state index in [0.717, 1.165) is 11.8 Å². The third-order valence-electron chi connectivity index (χ3n) is 3.37. The van der Waals surface area contributed by atoms with Crippen LogP contribution in [0.5, 0.6) is 0 Å². The van der Waals surface area contributed by atoms with Crippen molar-refractivity contribution >= 4 is 46.0 Å². The van der Waals surface area contributed by atoms with E-state index in [9.17, 15) is 25.0 Å². The number of thioether (sulfide) groups is 1. The largest absolute Gasteiger partial charge is 0.300 e. The van der Waals surface area contributed by atoms with E-state index < -0.39 is 15.8 Å². The monoisotopic (exact) mass is 370 g/mol. The number of nitrogens with zero attached hydrogens (tertiary/aromatic N) is 3. The molecule has 0 atom stereocenters. The quantitative estimate of drug-likeness (QED) is 0.499. The third-order valence-corrected chi connectivity index (χ3v) is 4.28. The standard InChI is InChI=1S/C16H10N4O5S/c21-15-14(9-10-5-1-3-7-12(10)19(22)23)26-16(18-15)17-11-6-2-4-8-13(11)20(24)25/h1-9H,(H,17,18,21). The van der Waals surface area contributed by atoms with Crippen LogP contribution in [0.1, 0.15) is 5.56 Å². The van der Waals surface area contributed by atoms with Crippen molar-refractivity contribution in [2.75, 3.05) is 0 Å². The lowest BCUT2D eigenvalue weighted by atomic mass is 10.1. The smallest absolute Gasteiger partial charge is 0.294 e. The van der Waals surface area contributed by atoms with E-state index in [0.29, 0.717) is 0 Å². The summed E-state index contributed by atoms with van der Waals surface area (Å²) < 4.78 is 0. The molecule has 2 aromatic rings. The van der Waals surface area contributed by atoms with Gasteiger partial charge in [-0.25, -0.2) is 4.99 Å². The number of nitro groups is 2. The molecule has 1 saturated heterocycles. The van der Waals surface area contributed by atoms with Gasteiger partial charge in [0.15, 0.2) is 5.17 Å². The summed E-state index contributed by atoms with van der Waals surface area (Å²) in [6.45, 7) is 0. The molecule has 0 radical (unpaired) electrons. The van der Waals surface area contributed by atoms with Gasteiger partial charge < -0.3 is 5.32 Å². The topological polar surface area (TPSA) is 128 Å². The fraction of sp³-hybridized carbons (Fsp3) is 0. The molecule has 0 unspecified atom stereocenters. The van der Waals surface area contributed by atoms with E-state index in [1.807, 2.05) is 0 Å². The first kappa shape index (κ1) is 17.3. The van der Waals surface area contributed by atoms with Gasteiger partial charge in [-0.3, -0.25) is 25.0 Å². The van der Waals surface area contributed by atoms with E-state index in [4.69, 9.17) is 0 Å². The third kappa shape index (κ3) is 3.59. The van der Waals surface area contributed by atoms with Crippen LogP contribution < -0.4 is 5.32 Å². The molecular formula is C16H10N4O5S. The summed E-state index contributed by atoms with van der Waals surface area (Å²) in [7, 11) is 0. The maximum absolute atomic E-state index is 12.1. The highest BCUT2D eigenvalue weighted by molar-refractivity contribution is 8.18. The number of aliphatic imine (C=N–C) groups is 1. The number of amidine groups is 1. The Morgan fingerprint density at radius 3 is 2.27 bits per heavy atom. The average Bonchev–Trinajstić information content (AvgIpc) is 2.94. The van der Waals surface area contributed by atoms with E-state index in [1.165, 1.54) is 42.5 Å². The Bertz CT molecular complexity index is 986. The van der Waals surface area contributed by atoms with Gasteiger partial charge in [-0.05, 0) is 30.0 Å². The fourth-order valence-electron chi connectivity index (χ4n) is 2.22. The van der Waals surface area contributed by atoms with E-state index in [1.54, 1.807) is 12.1 Å². The van der Waals surface area contributed by atoms with Gasteiger partial charge in [-0.1, -0.05) is 24.3 Å². The second kappa shape index (κ2) is 7.15. The number of hydrogen-bond donors (Lipinski definition) is 1. The fourth-order valence-corrected chi connectivity index (χ4v) is 3.05. The van der Waals surface area contributed by atoms with Crippen molar-refractivity contribution in [3.05, 3.63) is 79.2 Å². The van der Waals surface area contributed by atoms with Crippen LogP contribution in [-0.4, -0.2) is 20.9 Å². The minimum absolute atomic E-state index is 0.104. The number of para-hydroxylation sites is 3. The molecule has 2 aromatic carbocycles. The summed E-state index contributed by atoms with van der Waals surface area (Å²) in [6.07, 6.45) is 1.39. The van der Waals surface area contributed by atoms with Crippen LogP contribution >= 0.6 is 11.8 Å². The van der Waals surface area contributed by atoms with E-state index >= 15 is 0 Å². The Morgan fingerprint density at radius 1 is 0.962 bits per heavy atom. The molecule has 10 heteroatoms. The van der Waals surface area contributed by atoms with Gasteiger partial charge in [0.2, 0.25) is 0 Å². The SMILES string of the molecule is O=C1NC(=Nc2ccccc2[N+](=O)[O-])SC1=Cc1ccccc1[N+](=O)[O-]. The normalized spacial score (nSPS) is 16.7. The first-order valence-electron chi connectivity index (χ1n) is 7.22. The van der Waals surface area contributed by atoms with Gasteiger partial charge in [0.25, 0.3) is 17.3 Å². The van der Waals surface area contributed by atoms with Gasteiger partial charge in [0.1, 0.15) is 5.69 Å². The first-order chi connectivity index (χ1) is 12.5. The van der Waals surface area contributed by atoms with Crippen LogP contribution in [0.2, 0.25) is 0 Å². The summed E-state index contributed by atoms with van der Waals surface area (Å²) >= 11 is 0.955. The Labute approximate surface area is 150 Å². The maximum atomic E-state index is 12.1. The number of amides is 1. The highest BCUT2D eigenvalue weighted by Gasteiger charge is 2.26. The predicted molar refractivity (Wildman–Crippen MR) is 97.0 cm³/mol. The second-order valence-corrected chi connectivity index (χ2v) is 6.07. The number of carbonyl (C=O) groups excluding carboxylic acids is 1. The zero-order valence-corrected chi connectivity index (χ0v) is 13.8. The van der Waals surface area contributed by atoms with Crippen molar-refractivity contribution in [1.29, 1.82) is 0 Å². The number of nitro benzene ring substituents is 2. The molecule has 1 fully saturated rings. The Hall–Kier alpha value is -3.53. The zero-order chi connectivity index (χ0) is 18.7. The molecule has 0 aliphatic carbocycles. The Balaban J connectivity index is 1.93. The Morgan fingerprint density at radius 2 is 1.58 bits per heavy atom. The minimum atomic E-state index is -0.565. The molecule has 1 amide bonds. The molecule has 1 N–H and O–H groups in total. The van der Waals surface area contributed by atoms with Crippen LogP contribution in [0.15, 0.2) is 58.4 Å². The molecular weight excluding hydrogens is 360 g/mol. The van der Waals surface area contributed by atoms with Crippen LogP contribution in [-0.2, 0) is 4.79 Å².